The number of azo groups is 2. The predicted octanol–water partition coefficient (Wildman–Crippen LogP) is 12.8. The Morgan fingerprint density at radius 2 is 0.891 bits per heavy atom. The molecule has 5 aromatic rings. The quantitative estimate of drug-likeness (QED) is 0.0430. The van der Waals surface area contributed by atoms with Crippen molar-refractivity contribution >= 4 is 139 Å². The number of hydrogen-bond acceptors (Lipinski definition) is 10. The Kier molecular flexibility index (Phi) is 17.1. The van der Waals surface area contributed by atoms with Crippen molar-refractivity contribution in [3.05, 3.63) is 139 Å². The van der Waals surface area contributed by atoms with Crippen LogP contribution in [0.25, 0.3) is 0 Å². The summed E-state index contributed by atoms with van der Waals surface area (Å²) in [6.45, 7) is 5.84. The van der Waals surface area contributed by atoms with E-state index >= 15 is 0 Å². The van der Waals surface area contributed by atoms with Gasteiger partial charge >= 0.3 is 0 Å². The van der Waals surface area contributed by atoms with Gasteiger partial charge in [-0.25, -0.2) is 0 Å². The summed E-state index contributed by atoms with van der Waals surface area (Å²) in [6, 6.07) is 21.5. The highest BCUT2D eigenvalue weighted by atomic mass is 35.5. The maximum atomic E-state index is 13.4. The van der Waals surface area contributed by atoms with Gasteiger partial charge in [0.2, 0.25) is 12.1 Å². The molecule has 20 heteroatoms. The van der Waals surface area contributed by atoms with Crippen LogP contribution in [0.3, 0.4) is 0 Å². The first-order chi connectivity index (χ1) is 30.3. The zero-order valence-corrected chi connectivity index (χ0v) is 38.6. The van der Waals surface area contributed by atoms with Gasteiger partial charge in [-0.3, -0.25) is 28.8 Å². The van der Waals surface area contributed by atoms with Crippen molar-refractivity contribution < 1.29 is 28.8 Å². The summed E-state index contributed by atoms with van der Waals surface area (Å²) in [5, 5.41) is 25.6. The van der Waals surface area contributed by atoms with E-state index in [4.69, 9.17) is 69.6 Å². The van der Waals surface area contributed by atoms with E-state index in [1.54, 1.807) is 50.2 Å². The molecule has 0 spiro atoms. The first kappa shape index (κ1) is 49.3. The number of Topliss-reactive ketones (excluding diaryl/α,β-unsaturated/α-hetero) is 2. The number of alkyl halides is 2. The summed E-state index contributed by atoms with van der Waals surface area (Å²) >= 11 is 37.9. The summed E-state index contributed by atoms with van der Waals surface area (Å²) in [5.41, 5.74) is 2.81. The number of hydrogen-bond donors (Lipinski definition) is 4. The molecule has 0 fully saturated rings. The number of nitrogens with zero attached hydrogens (tertiary/aromatic N) is 4. The highest BCUT2D eigenvalue weighted by Crippen LogP contribution is 2.35. The third kappa shape index (κ3) is 13.2. The molecule has 0 aliphatic rings. The number of ketones is 2. The number of nitrogens with one attached hydrogen (secondary N) is 4. The molecule has 4 atom stereocenters. The number of halogens is 6. The van der Waals surface area contributed by atoms with Crippen molar-refractivity contribution in [1.82, 2.24) is 0 Å². The van der Waals surface area contributed by atoms with Gasteiger partial charge in [0, 0.05) is 28.2 Å². The molecule has 0 radical (unpaired) electrons. The van der Waals surface area contributed by atoms with E-state index in [1.165, 1.54) is 48.5 Å². The van der Waals surface area contributed by atoms with Crippen molar-refractivity contribution in [3.8, 4) is 0 Å². The Balaban J connectivity index is 1.26. The summed E-state index contributed by atoms with van der Waals surface area (Å²) < 4.78 is 0. The normalized spacial score (nSPS) is 13.2. The third-order valence-corrected chi connectivity index (χ3v) is 10.8. The first-order valence-electron chi connectivity index (χ1n) is 18.9. The Bertz CT molecular complexity index is 2690. The molecule has 330 valence electrons. The van der Waals surface area contributed by atoms with Crippen molar-refractivity contribution in [2.24, 2.45) is 20.5 Å². The Morgan fingerprint density at radius 1 is 0.484 bits per heavy atom. The SMILES string of the molecule is CC(=O)C(N=Nc1cc(C(=O)Nc2cccc(C(C)Cl)c2)ccc1Cl)C(=O)Nc1cc(Cl)c(NC(=O)C(N=Nc2cc(C(=O)Nc3cccc(C(C)Cl)c3)ccc2Cl)C(C)=O)c(Cl)c1. The average molecular weight is 986 g/mol. The first-order valence-corrected chi connectivity index (χ1v) is 21.3. The van der Waals surface area contributed by atoms with Crippen LogP contribution in [-0.4, -0.2) is 47.3 Å². The van der Waals surface area contributed by atoms with Crippen LogP contribution in [-0.2, 0) is 19.2 Å². The van der Waals surface area contributed by atoms with Gasteiger partial charge in [-0.15, -0.1) is 23.2 Å². The summed E-state index contributed by atoms with van der Waals surface area (Å²) in [5.74, 6) is -4.27. The van der Waals surface area contributed by atoms with Crippen LogP contribution in [0.4, 0.5) is 34.1 Å². The van der Waals surface area contributed by atoms with Crippen LogP contribution >= 0.6 is 69.6 Å². The molecule has 4 unspecified atom stereocenters. The van der Waals surface area contributed by atoms with Crippen molar-refractivity contribution in [2.75, 3.05) is 21.3 Å². The molecular formula is C44H36Cl6N8O6. The fourth-order valence-electron chi connectivity index (χ4n) is 5.64. The lowest BCUT2D eigenvalue weighted by atomic mass is 10.1. The minimum Gasteiger partial charge on any atom is -0.324 e. The molecule has 0 aromatic heterocycles. The van der Waals surface area contributed by atoms with Crippen molar-refractivity contribution in [2.45, 2.75) is 50.5 Å². The number of anilines is 4. The molecule has 4 amide bonds. The van der Waals surface area contributed by atoms with Gasteiger partial charge in [-0.2, -0.15) is 20.5 Å². The lowest BCUT2D eigenvalue weighted by Crippen LogP contribution is -2.32. The van der Waals surface area contributed by atoms with E-state index in [1.807, 2.05) is 12.1 Å². The standard InChI is InChI=1S/C44H36Cl6N8O6/c1-21(45)25-7-5-9-29(15-25)51-41(61)27-11-13-32(47)36(17-27)55-57-38(23(3)59)43(63)53-31-19-34(49)40(35(50)20-31)54-44(64)39(24(4)60)58-56-37-18-28(12-14-33(37)48)42(62)52-30-10-6-8-26(16-30)22(2)46/h5-22,38-39H,1-4H3,(H,51,61)(H,52,62)(H,53,63)(H,54,64). The maximum Gasteiger partial charge on any atom is 0.258 e. The maximum absolute atomic E-state index is 13.4. The van der Waals surface area contributed by atoms with Crippen LogP contribution < -0.4 is 21.3 Å². The molecule has 14 nitrogen and oxygen atoms in total. The van der Waals surface area contributed by atoms with Crippen LogP contribution in [0, 0.1) is 0 Å². The largest absolute Gasteiger partial charge is 0.324 e. The molecule has 5 aromatic carbocycles. The van der Waals surface area contributed by atoms with E-state index in [0.29, 0.717) is 11.4 Å². The minimum atomic E-state index is -1.71. The van der Waals surface area contributed by atoms with Gasteiger partial charge in [0.05, 0.1) is 36.5 Å². The van der Waals surface area contributed by atoms with Crippen LogP contribution in [0.1, 0.15) is 70.3 Å². The number of rotatable bonds is 16. The Morgan fingerprint density at radius 3 is 1.28 bits per heavy atom. The van der Waals surface area contributed by atoms with Gasteiger partial charge in [0.25, 0.3) is 23.6 Å². The lowest BCUT2D eigenvalue weighted by Gasteiger charge is -2.15. The van der Waals surface area contributed by atoms with Gasteiger partial charge < -0.3 is 21.3 Å². The zero-order valence-electron chi connectivity index (χ0n) is 34.1. The molecule has 0 heterocycles. The molecule has 4 N–H and O–H groups in total. The predicted molar refractivity (Wildman–Crippen MR) is 252 cm³/mol. The average Bonchev–Trinajstić information content (AvgIpc) is 3.23. The number of carbonyl (C=O) groups excluding carboxylic acids is 6. The highest BCUT2D eigenvalue weighted by molar-refractivity contribution is 6.40. The Hall–Kier alpha value is -5.74. The monoisotopic (exact) mass is 982 g/mol. The zero-order chi connectivity index (χ0) is 46.8. The van der Waals surface area contributed by atoms with Gasteiger partial charge in [-0.1, -0.05) is 70.7 Å². The van der Waals surface area contributed by atoms with Crippen molar-refractivity contribution in [1.29, 1.82) is 0 Å². The van der Waals surface area contributed by atoms with E-state index < -0.39 is 47.3 Å². The van der Waals surface area contributed by atoms with Crippen LogP contribution in [0.2, 0.25) is 20.1 Å². The summed E-state index contributed by atoms with van der Waals surface area (Å²) in [4.78, 5) is 77.9. The topological polar surface area (TPSA) is 200 Å². The lowest BCUT2D eigenvalue weighted by molar-refractivity contribution is -0.127. The third-order valence-electron chi connectivity index (χ3n) is 9.01. The fourth-order valence-corrected chi connectivity index (χ4v) is 6.80. The minimum absolute atomic E-state index is 0.00424. The molecule has 0 aliphatic carbocycles. The summed E-state index contributed by atoms with van der Waals surface area (Å²) in [6.07, 6.45) is 0. The smallest absolute Gasteiger partial charge is 0.258 e. The van der Waals surface area contributed by atoms with E-state index in [2.05, 4.69) is 41.7 Å². The molecule has 0 saturated carbocycles. The van der Waals surface area contributed by atoms with Gasteiger partial charge in [0.15, 0.2) is 11.6 Å². The molecule has 0 bridgehead atoms. The molecule has 0 saturated heterocycles. The van der Waals surface area contributed by atoms with E-state index in [9.17, 15) is 28.8 Å². The van der Waals surface area contributed by atoms with Crippen LogP contribution in [0.15, 0.2) is 118 Å². The second kappa shape index (κ2) is 22.2. The molecule has 0 aliphatic heterocycles. The number of amides is 4. The van der Waals surface area contributed by atoms with E-state index in [0.717, 1.165) is 25.0 Å². The van der Waals surface area contributed by atoms with Gasteiger partial charge in [0.1, 0.15) is 11.4 Å². The number of carbonyl (C=O) groups is 6. The Labute approximate surface area is 397 Å². The second-order valence-corrected chi connectivity index (χ2v) is 16.9. The molecule has 64 heavy (non-hydrogen) atoms. The van der Waals surface area contributed by atoms with Gasteiger partial charge in [-0.05, 0) is 112 Å². The number of benzene rings is 5. The second-order valence-electron chi connectivity index (χ2n) is 14.0. The van der Waals surface area contributed by atoms with Crippen LogP contribution in [0.5, 0.6) is 0 Å². The highest BCUT2D eigenvalue weighted by Gasteiger charge is 2.27. The molecule has 5 rings (SSSR count). The fraction of sp³-hybridized carbons (Fsp3) is 0.182. The van der Waals surface area contributed by atoms with Crippen molar-refractivity contribution in [3.63, 3.8) is 0 Å². The molecular weight excluding hydrogens is 949 g/mol. The van der Waals surface area contributed by atoms with E-state index in [-0.39, 0.29) is 64.7 Å². The summed E-state index contributed by atoms with van der Waals surface area (Å²) in [7, 11) is 0.